The Hall–Kier alpha value is -0.730. The molecule has 0 bridgehead atoms. The summed E-state index contributed by atoms with van der Waals surface area (Å²) in [6, 6.07) is 0. The summed E-state index contributed by atoms with van der Waals surface area (Å²) in [5.74, 6) is 0. The van der Waals surface area contributed by atoms with Gasteiger partial charge in [-0.05, 0) is 64.2 Å². The number of sulfonamides is 1. The molecule has 0 aromatic heterocycles. The van der Waals surface area contributed by atoms with Gasteiger partial charge in [-0.3, -0.25) is 0 Å². The molecule has 0 aromatic carbocycles. The van der Waals surface area contributed by atoms with Crippen molar-refractivity contribution >= 4 is 10.0 Å². The van der Waals surface area contributed by atoms with Gasteiger partial charge in [-0.1, -0.05) is 154 Å². The van der Waals surface area contributed by atoms with Crippen LogP contribution in [0.2, 0.25) is 0 Å². The molecule has 0 aliphatic heterocycles. The summed E-state index contributed by atoms with van der Waals surface area (Å²) < 4.78 is 35.1. The van der Waals surface area contributed by atoms with E-state index in [1.165, 1.54) is 141 Å². The third-order valence-corrected chi connectivity index (χ3v) is 9.76. The molecule has 274 valence electrons. The van der Waals surface area contributed by atoms with Crippen molar-refractivity contribution in [2.45, 2.75) is 205 Å². The third-order valence-electron chi connectivity index (χ3n) is 8.67. The van der Waals surface area contributed by atoms with Crippen LogP contribution in [0, 0.1) is 0 Å². The highest BCUT2D eigenvalue weighted by molar-refractivity contribution is 7.89. The van der Waals surface area contributed by atoms with Crippen LogP contribution in [0.3, 0.4) is 0 Å². The number of hydrogen-bond acceptors (Lipinski definition) is 5. The number of aliphatic hydroxyl groups excluding tert-OH is 1. The molecule has 2 atom stereocenters. The van der Waals surface area contributed by atoms with Gasteiger partial charge in [0.1, 0.15) is 6.10 Å². The molecule has 6 nitrogen and oxygen atoms in total. The fourth-order valence-electron chi connectivity index (χ4n) is 5.71. The monoisotopic (exact) mass is 672 g/mol. The van der Waals surface area contributed by atoms with Crippen LogP contribution in [0.1, 0.15) is 194 Å². The lowest BCUT2D eigenvalue weighted by molar-refractivity contribution is -0.0389. The Balaban J connectivity index is 3.68. The predicted octanol–water partition coefficient (Wildman–Crippen LogP) is 11.1. The van der Waals surface area contributed by atoms with E-state index >= 15 is 0 Å². The second-order valence-electron chi connectivity index (χ2n) is 13.3. The van der Waals surface area contributed by atoms with Gasteiger partial charge in [0.15, 0.2) is 5.44 Å². The van der Waals surface area contributed by atoms with Gasteiger partial charge >= 0.3 is 0 Å². The molecular weight excluding hydrogens is 594 g/mol. The van der Waals surface area contributed by atoms with E-state index in [2.05, 4.69) is 38.2 Å². The van der Waals surface area contributed by atoms with Gasteiger partial charge in [0.05, 0.1) is 6.61 Å². The second kappa shape index (κ2) is 35.6. The number of allylic oxidation sites excluding steroid dienone is 4. The number of ether oxygens (including phenoxy) is 2. The lowest BCUT2D eigenvalue weighted by Crippen LogP contribution is -2.43. The highest BCUT2D eigenvalue weighted by atomic mass is 32.2. The molecule has 2 unspecified atom stereocenters. The minimum atomic E-state index is -4.02. The van der Waals surface area contributed by atoms with Crippen LogP contribution in [0.25, 0.3) is 0 Å². The SMILES string of the molecule is CCCCCCCC/C=C\CCCCCCCCOCC(O)C(OCCCCCCCC/C=C\CCCCCCCC)S(N)(=O)=O. The minimum Gasteiger partial charge on any atom is -0.387 e. The number of aliphatic hydroxyl groups is 1. The van der Waals surface area contributed by atoms with Crippen molar-refractivity contribution in [2.75, 3.05) is 19.8 Å². The zero-order chi connectivity index (χ0) is 33.8. The van der Waals surface area contributed by atoms with Crippen molar-refractivity contribution in [2.24, 2.45) is 5.14 Å². The molecule has 0 amide bonds. The standard InChI is InChI=1S/C39H77NO5S/c1-3-5-7-9-11-13-15-17-19-21-23-25-27-29-31-33-35-44-37-38(41)39(46(40,42)43)45-36-34-32-30-28-26-24-22-20-18-16-14-12-10-8-6-4-2/h17-20,38-39,41H,3-16,21-37H2,1-2H3,(H2,40,42,43)/b19-17-,20-18-. The Morgan fingerprint density at radius 3 is 1.22 bits per heavy atom. The quantitative estimate of drug-likeness (QED) is 0.0506. The Kier molecular flexibility index (Phi) is 35.0. The van der Waals surface area contributed by atoms with Crippen LogP contribution >= 0.6 is 0 Å². The largest absolute Gasteiger partial charge is 0.387 e. The Labute approximate surface area is 286 Å². The maximum Gasteiger partial charge on any atom is 0.238 e. The zero-order valence-electron chi connectivity index (χ0n) is 30.5. The van der Waals surface area contributed by atoms with E-state index in [0.29, 0.717) is 6.61 Å². The van der Waals surface area contributed by atoms with Crippen LogP contribution in [0.4, 0.5) is 0 Å². The van der Waals surface area contributed by atoms with Gasteiger partial charge in [0.25, 0.3) is 0 Å². The second-order valence-corrected chi connectivity index (χ2v) is 15.0. The molecule has 0 saturated heterocycles. The van der Waals surface area contributed by atoms with E-state index in [1.807, 2.05) is 0 Å². The van der Waals surface area contributed by atoms with E-state index in [-0.39, 0.29) is 13.2 Å². The predicted molar refractivity (Wildman–Crippen MR) is 199 cm³/mol. The van der Waals surface area contributed by atoms with Gasteiger partial charge in [0.2, 0.25) is 10.0 Å². The zero-order valence-corrected chi connectivity index (χ0v) is 31.3. The first-order chi connectivity index (χ1) is 22.4. The molecule has 0 aromatic rings. The maximum atomic E-state index is 12.0. The van der Waals surface area contributed by atoms with Crippen molar-refractivity contribution in [1.82, 2.24) is 0 Å². The first kappa shape index (κ1) is 45.3. The first-order valence-electron chi connectivity index (χ1n) is 19.6. The minimum absolute atomic E-state index is 0.0838. The van der Waals surface area contributed by atoms with Gasteiger partial charge in [-0.25, -0.2) is 13.6 Å². The van der Waals surface area contributed by atoms with Gasteiger partial charge in [-0.15, -0.1) is 0 Å². The van der Waals surface area contributed by atoms with Crippen molar-refractivity contribution in [3.8, 4) is 0 Å². The fourth-order valence-corrected chi connectivity index (χ4v) is 6.51. The van der Waals surface area contributed by atoms with Gasteiger partial charge in [-0.2, -0.15) is 0 Å². The van der Waals surface area contributed by atoms with Crippen LogP contribution in [0.15, 0.2) is 24.3 Å². The third kappa shape index (κ3) is 33.2. The molecule has 0 aliphatic carbocycles. The number of unbranched alkanes of at least 4 members (excludes halogenated alkanes) is 24. The summed E-state index contributed by atoms with van der Waals surface area (Å²) >= 11 is 0. The molecule has 3 N–H and O–H groups in total. The normalized spacial score (nSPS) is 13.7. The van der Waals surface area contributed by atoms with E-state index in [1.54, 1.807) is 0 Å². The summed E-state index contributed by atoms with van der Waals surface area (Å²) in [6.45, 7) is 5.21. The average Bonchev–Trinajstić information content (AvgIpc) is 3.03. The van der Waals surface area contributed by atoms with Crippen LogP contribution in [-0.2, 0) is 19.5 Å². The molecule has 0 saturated carbocycles. The molecule has 46 heavy (non-hydrogen) atoms. The molecule has 0 radical (unpaired) electrons. The Morgan fingerprint density at radius 1 is 0.522 bits per heavy atom. The highest BCUT2D eigenvalue weighted by Gasteiger charge is 2.30. The molecule has 0 fully saturated rings. The smallest absolute Gasteiger partial charge is 0.238 e. The lowest BCUT2D eigenvalue weighted by atomic mass is 10.1. The van der Waals surface area contributed by atoms with Gasteiger partial charge < -0.3 is 14.6 Å². The average molecular weight is 672 g/mol. The summed E-state index contributed by atoms with van der Waals surface area (Å²) in [7, 11) is -4.02. The molecular formula is C39H77NO5S. The number of hydrogen-bond donors (Lipinski definition) is 2. The number of primary sulfonamides is 1. The van der Waals surface area contributed by atoms with Gasteiger partial charge in [0, 0.05) is 13.2 Å². The Morgan fingerprint density at radius 2 is 0.848 bits per heavy atom. The Bertz CT molecular complexity index is 770. The van der Waals surface area contributed by atoms with E-state index < -0.39 is 21.6 Å². The highest BCUT2D eigenvalue weighted by Crippen LogP contribution is 2.13. The van der Waals surface area contributed by atoms with E-state index in [4.69, 9.17) is 14.6 Å². The maximum absolute atomic E-state index is 12.0. The topological polar surface area (TPSA) is 98.8 Å². The van der Waals surface area contributed by atoms with Crippen LogP contribution < -0.4 is 5.14 Å². The molecule has 0 spiro atoms. The molecule has 0 rings (SSSR count). The fraction of sp³-hybridized carbons (Fsp3) is 0.897. The van der Waals surface area contributed by atoms with E-state index in [0.717, 1.165) is 38.5 Å². The first-order valence-corrected chi connectivity index (χ1v) is 21.2. The summed E-state index contributed by atoms with van der Waals surface area (Å²) in [6.07, 6.45) is 42.5. The summed E-state index contributed by atoms with van der Waals surface area (Å²) in [4.78, 5) is 0. The van der Waals surface area contributed by atoms with Crippen LogP contribution in [-0.4, -0.2) is 44.9 Å². The van der Waals surface area contributed by atoms with E-state index in [9.17, 15) is 13.5 Å². The summed E-state index contributed by atoms with van der Waals surface area (Å²) in [5.41, 5.74) is -1.43. The van der Waals surface area contributed by atoms with Crippen molar-refractivity contribution in [1.29, 1.82) is 0 Å². The molecule has 0 aliphatic rings. The lowest BCUT2D eigenvalue weighted by Gasteiger charge is -2.21. The van der Waals surface area contributed by atoms with Crippen molar-refractivity contribution in [3.63, 3.8) is 0 Å². The molecule has 7 heteroatoms. The number of rotatable bonds is 37. The summed E-state index contributed by atoms with van der Waals surface area (Å²) in [5, 5.41) is 15.7. The molecule has 0 heterocycles. The number of nitrogens with two attached hydrogens (primary N) is 1. The van der Waals surface area contributed by atoms with Crippen LogP contribution in [0.5, 0.6) is 0 Å². The van der Waals surface area contributed by atoms with Crippen molar-refractivity contribution < 1.29 is 23.0 Å². The van der Waals surface area contributed by atoms with Crippen molar-refractivity contribution in [3.05, 3.63) is 24.3 Å².